The molecule has 0 radical (unpaired) electrons. The summed E-state index contributed by atoms with van der Waals surface area (Å²) in [6.45, 7) is 19.2. The fourth-order valence-corrected chi connectivity index (χ4v) is 9.39. The Morgan fingerprint density at radius 3 is 1.17 bits per heavy atom. The van der Waals surface area contributed by atoms with E-state index in [1.165, 1.54) is 65.3 Å². The fourth-order valence-electron chi connectivity index (χ4n) is 7.06. The molecule has 0 amide bonds. The molecule has 6 aromatic carbocycles. The smallest absolute Gasteiger partial charge is 0.358 e. The van der Waals surface area contributed by atoms with Crippen LogP contribution in [-0.4, -0.2) is 16.1 Å². The quantitative estimate of drug-likeness (QED) is 0.106. The van der Waals surface area contributed by atoms with E-state index in [1.807, 2.05) is 0 Å². The summed E-state index contributed by atoms with van der Waals surface area (Å²) in [7, 11) is -2.66. The van der Waals surface area contributed by atoms with Crippen LogP contribution < -0.4 is 10.4 Å². The van der Waals surface area contributed by atoms with Crippen molar-refractivity contribution < 1.29 is 25.8 Å². The predicted molar refractivity (Wildman–Crippen MR) is 210 cm³/mol. The molecule has 6 rings (SSSR count). The molecule has 0 N–H and O–H groups in total. The Bertz CT molecular complexity index is 1750. The Kier molecular flexibility index (Phi) is 11.7. The van der Waals surface area contributed by atoms with E-state index in [1.54, 1.807) is 0 Å². The maximum atomic E-state index is 2.50. The fraction of sp³-hybridized carbons (Fsp3) is 0.256. The molecule has 0 heterocycles. The second-order valence-corrected chi connectivity index (χ2v) is 24.7. The van der Waals surface area contributed by atoms with Crippen LogP contribution in [0.5, 0.6) is 0 Å². The van der Waals surface area contributed by atoms with Crippen molar-refractivity contribution in [1.29, 1.82) is 0 Å². The molecule has 46 heavy (non-hydrogen) atoms. The van der Waals surface area contributed by atoms with Crippen LogP contribution in [0.3, 0.4) is 0 Å². The van der Waals surface area contributed by atoms with Gasteiger partial charge in [-0.2, -0.15) is 12.1 Å². The van der Waals surface area contributed by atoms with E-state index in [0.717, 1.165) is 12.8 Å². The van der Waals surface area contributed by atoms with Crippen molar-refractivity contribution in [3.05, 3.63) is 135 Å². The topological polar surface area (TPSA) is 0 Å². The molecule has 0 aliphatic heterocycles. The third kappa shape index (κ3) is 6.84. The molecule has 0 nitrogen and oxygen atoms in total. The van der Waals surface area contributed by atoms with Crippen LogP contribution in [0.2, 0.25) is 39.3 Å². The Balaban J connectivity index is 0.00000192. The standard InChI is InChI=1S/C41H46Si2.2CH3.Hf/c1-9-41(10-2,33-25-31-13-11-15-37(39(31)27-33)29-17-21-35(22-18-29)42(3,4)5)34-26-32-14-12-16-38(40(32)28-34)30-19-23-36(24-20-30)43(6,7)8;;;/h11-28H,9-10H2,1-8H3;2*1H3;/q-2;2*-1;+4. The first-order valence-corrected chi connectivity index (χ1v) is 23.1. The van der Waals surface area contributed by atoms with E-state index < -0.39 is 16.1 Å². The van der Waals surface area contributed by atoms with Crippen LogP contribution in [0, 0.1) is 14.9 Å². The summed E-state index contributed by atoms with van der Waals surface area (Å²) in [5.74, 6) is 0. The van der Waals surface area contributed by atoms with E-state index >= 15 is 0 Å². The third-order valence-electron chi connectivity index (χ3n) is 9.94. The Hall–Kier alpha value is -2.60. The average Bonchev–Trinajstić information content (AvgIpc) is 3.63. The zero-order chi connectivity index (χ0) is 30.6. The van der Waals surface area contributed by atoms with Crippen molar-refractivity contribution in [2.24, 2.45) is 0 Å². The molecule has 0 fully saturated rings. The molecular formula is C43H52HfSi2. The molecule has 3 heteroatoms. The molecular weight excluding hydrogens is 751 g/mol. The summed E-state index contributed by atoms with van der Waals surface area (Å²) in [6, 6.07) is 42.3. The Morgan fingerprint density at radius 1 is 0.522 bits per heavy atom. The van der Waals surface area contributed by atoms with Crippen LogP contribution in [-0.2, 0) is 31.3 Å². The minimum Gasteiger partial charge on any atom is -0.358 e. The number of rotatable bonds is 8. The van der Waals surface area contributed by atoms with Gasteiger partial charge in [0.15, 0.2) is 0 Å². The van der Waals surface area contributed by atoms with Gasteiger partial charge in [0.2, 0.25) is 0 Å². The summed E-state index contributed by atoms with van der Waals surface area (Å²) in [5, 5.41) is 8.43. The first-order valence-electron chi connectivity index (χ1n) is 16.1. The number of hydrogen-bond donors (Lipinski definition) is 0. The minimum atomic E-state index is -1.33. The number of benzene rings is 4. The summed E-state index contributed by atoms with van der Waals surface area (Å²) < 4.78 is 0. The van der Waals surface area contributed by atoms with Gasteiger partial charge < -0.3 is 14.9 Å². The van der Waals surface area contributed by atoms with Crippen molar-refractivity contribution >= 4 is 48.1 Å². The molecule has 0 aliphatic carbocycles. The van der Waals surface area contributed by atoms with Gasteiger partial charge in [-0.3, -0.25) is 0 Å². The summed E-state index contributed by atoms with van der Waals surface area (Å²) in [4.78, 5) is 0. The zero-order valence-corrected chi connectivity index (χ0v) is 35.4. The van der Waals surface area contributed by atoms with Crippen molar-refractivity contribution in [2.75, 3.05) is 0 Å². The maximum Gasteiger partial charge on any atom is 4.00 e. The van der Waals surface area contributed by atoms with Crippen molar-refractivity contribution in [3.63, 3.8) is 0 Å². The number of fused-ring (bicyclic) bond motifs is 2. The monoisotopic (exact) mass is 804 g/mol. The molecule has 0 unspecified atom stereocenters. The van der Waals surface area contributed by atoms with Gasteiger partial charge in [0.1, 0.15) is 0 Å². The Morgan fingerprint density at radius 2 is 0.870 bits per heavy atom. The summed E-state index contributed by atoms with van der Waals surface area (Å²) in [5.41, 5.74) is 8.15. The largest absolute Gasteiger partial charge is 4.00 e. The van der Waals surface area contributed by atoms with Gasteiger partial charge in [-0.25, -0.2) is 0 Å². The van der Waals surface area contributed by atoms with Crippen molar-refractivity contribution in [3.8, 4) is 22.3 Å². The summed E-state index contributed by atoms with van der Waals surface area (Å²) >= 11 is 0. The molecule has 0 bridgehead atoms. The van der Waals surface area contributed by atoms with Crippen LogP contribution in [0.25, 0.3) is 43.8 Å². The first-order chi connectivity index (χ1) is 20.4. The van der Waals surface area contributed by atoms with Crippen LogP contribution in [0.15, 0.2) is 109 Å². The molecule has 0 saturated carbocycles. The maximum absolute atomic E-state index is 2.50. The first kappa shape index (κ1) is 37.9. The summed E-state index contributed by atoms with van der Waals surface area (Å²) in [6.07, 6.45) is 2.13. The van der Waals surface area contributed by atoms with E-state index in [2.05, 4.69) is 162 Å². The average molecular weight is 804 g/mol. The second-order valence-electron chi connectivity index (χ2n) is 14.5. The Labute approximate surface area is 300 Å². The van der Waals surface area contributed by atoms with Gasteiger partial charge in [0.05, 0.1) is 16.1 Å². The molecule has 0 saturated heterocycles. The molecule has 6 aromatic rings. The van der Waals surface area contributed by atoms with Crippen molar-refractivity contribution in [2.45, 2.75) is 71.4 Å². The van der Waals surface area contributed by atoms with Crippen molar-refractivity contribution in [1.82, 2.24) is 0 Å². The third-order valence-corrected chi connectivity index (χ3v) is 14.1. The van der Waals surface area contributed by atoms with Crippen LogP contribution >= 0.6 is 0 Å². The van der Waals surface area contributed by atoms with E-state index in [-0.39, 0.29) is 46.1 Å². The molecule has 0 atom stereocenters. The molecule has 0 aliphatic rings. The second kappa shape index (κ2) is 14.3. The van der Waals surface area contributed by atoms with Gasteiger partial charge in [-0.05, 0) is 29.4 Å². The molecule has 0 spiro atoms. The minimum absolute atomic E-state index is 0. The molecule has 236 valence electrons. The predicted octanol–water partition coefficient (Wildman–Crippen LogP) is 11.9. The van der Waals surface area contributed by atoms with Gasteiger partial charge >= 0.3 is 25.8 Å². The van der Waals surface area contributed by atoms with Gasteiger partial charge in [0, 0.05) is 0 Å². The SMILES string of the molecule is CCC(CC)(c1cc2c(-c3ccc([Si](C)(C)C)cc3)cccc2[cH-]1)c1cc2c(-c3ccc([Si](C)(C)C)cc3)cccc2[cH-]1.[CH3-].[CH3-].[Hf+4]. The van der Waals surface area contributed by atoms with Gasteiger partial charge in [-0.15, -0.1) is 69.1 Å². The van der Waals surface area contributed by atoms with Crippen LogP contribution in [0.1, 0.15) is 37.8 Å². The zero-order valence-electron chi connectivity index (χ0n) is 29.8. The normalized spacial score (nSPS) is 12.0. The van der Waals surface area contributed by atoms with E-state index in [4.69, 9.17) is 0 Å². The molecule has 0 aromatic heterocycles. The van der Waals surface area contributed by atoms with E-state index in [9.17, 15) is 0 Å². The number of hydrogen-bond acceptors (Lipinski definition) is 0. The van der Waals surface area contributed by atoms with Crippen LogP contribution in [0.4, 0.5) is 0 Å². The van der Waals surface area contributed by atoms with Gasteiger partial charge in [0.25, 0.3) is 0 Å². The van der Waals surface area contributed by atoms with Gasteiger partial charge in [-0.1, -0.05) is 135 Å². The van der Waals surface area contributed by atoms with E-state index in [0.29, 0.717) is 0 Å².